The molecule has 35 nitrogen and oxygen atoms in total. The highest BCUT2D eigenvalue weighted by Gasteiger charge is 2.45. The molecule has 0 aliphatic carbocycles. The third-order valence-corrected chi connectivity index (χ3v) is 22.6. The summed E-state index contributed by atoms with van der Waals surface area (Å²) in [6.45, 7) is 1.98. The number of amides is 10. The van der Waals surface area contributed by atoms with Crippen LogP contribution in [-0.4, -0.2) is 294 Å². The molecule has 0 saturated carbocycles. The van der Waals surface area contributed by atoms with Crippen LogP contribution in [-0.2, 0) is 107 Å². The number of nitrogens with two attached hydrogens (primary N) is 1. The Morgan fingerprint density at radius 2 is 1.20 bits per heavy atom. The molecule has 3 aromatic rings. The SMILES string of the molecule is CCCCCC(=O)N[C@H]1CSCc2cc(CSCCNC(=O)CCCC(=O)Nc3ccc(C[C@H](CN(CCN(CC(C)=O)CC(=O)O)CC(=O)O)N(CC(=O)O)CC(=O)O)cc3)cc(c2)CSC[C@@H](C(=O)O)NC(=O)[C@H](Cc2ccccc2)NC(=O)[C@H](CCC(N)=O)NC(=O)[C@H]([C@@H](C)O)NC(=O)[C@@H]2CCCN2C(=O)[C@@H]2CCCN2C1=O. The molecule has 0 aromatic heterocycles. The van der Waals surface area contributed by atoms with Crippen LogP contribution in [0.15, 0.2) is 72.8 Å². The summed E-state index contributed by atoms with van der Waals surface area (Å²) in [6.07, 6.45) is 1.10. The molecule has 2 bridgehead atoms. The van der Waals surface area contributed by atoms with Crippen LogP contribution >= 0.6 is 35.3 Å². The number of carbonyl (C=O) groups excluding carboxylic acids is 11. The van der Waals surface area contributed by atoms with Gasteiger partial charge in [-0.1, -0.05) is 80.4 Å². The summed E-state index contributed by atoms with van der Waals surface area (Å²) in [6, 6.07) is 10.2. The second kappa shape index (κ2) is 49.4. The number of thioether (sulfide) groups is 3. The molecule has 3 heterocycles. The lowest BCUT2D eigenvalue weighted by Gasteiger charge is -2.34. The number of fused-ring (bicyclic) bond motifs is 4. The highest BCUT2D eigenvalue weighted by Crippen LogP contribution is 2.29. The average molecular weight is 1680 g/mol. The van der Waals surface area contributed by atoms with Crippen LogP contribution in [0.3, 0.4) is 0 Å². The van der Waals surface area contributed by atoms with Gasteiger partial charge in [-0.05, 0) is 105 Å². The first-order valence-electron chi connectivity index (χ1n) is 38.7. The number of anilines is 1. The number of aliphatic carboxylic acids is 5. The molecule has 636 valence electrons. The molecule has 2 fully saturated rings. The fourth-order valence-electron chi connectivity index (χ4n) is 13.8. The molecule has 0 unspecified atom stereocenters. The number of ketones is 1. The number of carbonyl (C=O) groups is 16. The minimum Gasteiger partial charge on any atom is -0.480 e. The van der Waals surface area contributed by atoms with Gasteiger partial charge < -0.3 is 83.4 Å². The predicted molar refractivity (Wildman–Crippen MR) is 431 cm³/mol. The van der Waals surface area contributed by atoms with E-state index in [1.165, 1.54) is 73.6 Å². The van der Waals surface area contributed by atoms with Crippen molar-refractivity contribution in [1.29, 1.82) is 0 Å². The number of carboxylic acids is 5. The molecule has 9 atom stereocenters. The van der Waals surface area contributed by atoms with Gasteiger partial charge in [0.25, 0.3) is 0 Å². The normalized spacial score (nSPS) is 20.0. The quantitative estimate of drug-likeness (QED) is 0.0354. The van der Waals surface area contributed by atoms with Gasteiger partial charge in [0.1, 0.15) is 48.1 Å². The van der Waals surface area contributed by atoms with Crippen molar-refractivity contribution in [2.45, 2.75) is 189 Å². The molecule has 2 saturated heterocycles. The molecule has 15 N–H and O–H groups in total. The zero-order chi connectivity index (χ0) is 85.0. The van der Waals surface area contributed by atoms with Gasteiger partial charge in [0, 0.05) is 118 Å². The van der Waals surface area contributed by atoms with Crippen LogP contribution in [0.5, 0.6) is 0 Å². The molecule has 10 amide bonds. The standard InChI is InChI=1S/C78H109N13O22S3/c1-4-5-7-17-66(97)82-59-46-115-44-53-32-52(43-114-31-26-80-64(95)18-10-19-65(96)81-55-22-20-51(21-23-55)35-56(89(41-69(102)103)42-70(104)105)38-88(40-68(100)101)30-29-87(37-48(2)92)39-67(98)99)33-54(34-53)45-116-47-60(78(112)113)85-73(107)58(36-50-13-8-6-9-14-50)84-72(106)57(24-25-63(79)94)83-75(109)71(49(3)93)86-74(108)61-15-11-27-90(61)77(111)62-16-12-28-91(62)76(59)110/h6,8-9,13-14,20-23,32-34,49,56-62,71,93H,4-5,7,10-12,15-19,24-31,35-47H2,1-3H3,(H2,79,94)(H,80,95)(H,81,96)(H,82,97)(H,83,109)(H,84,106)(H,85,107)(H,86,108)(H,98,99)(H,100,101)(H,102,103)(H,104,105)(H,112,113)/t49-,56-,57+,58+,59+,60+,61+,62+,71+/m1/s1. The van der Waals surface area contributed by atoms with E-state index in [4.69, 9.17) is 5.73 Å². The van der Waals surface area contributed by atoms with Gasteiger partial charge in [-0.15, -0.1) is 0 Å². The lowest BCUT2D eigenvalue weighted by molar-refractivity contribution is -0.148. The Morgan fingerprint density at radius 1 is 0.612 bits per heavy atom. The summed E-state index contributed by atoms with van der Waals surface area (Å²) in [5, 5.41) is 79.1. The largest absolute Gasteiger partial charge is 0.480 e. The predicted octanol–water partition coefficient (Wildman–Crippen LogP) is 1.03. The van der Waals surface area contributed by atoms with Crippen LogP contribution in [0.4, 0.5) is 5.69 Å². The summed E-state index contributed by atoms with van der Waals surface area (Å²) >= 11 is 4.05. The zero-order valence-electron chi connectivity index (χ0n) is 65.5. The third-order valence-electron chi connectivity index (χ3n) is 19.3. The van der Waals surface area contributed by atoms with Crippen LogP contribution in [0.1, 0.15) is 132 Å². The molecule has 0 spiro atoms. The van der Waals surface area contributed by atoms with Crippen molar-refractivity contribution in [2.24, 2.45) is 5.73 Å². The third kappa shape index (κ3) is 33.8. The van der Waals surface area contributed by atoms with E-state index in [0.29, 0.717) is 53.3 Å². The number of benzene rings is 3. The van der Waals surface area contributed by atoms with Gasteiger partial charge in [-0.3, -0.25) is 86.6 Å². The van der Waals surface area contributed by atoms with Crippen LogP contribution < -0.4 is 43.0 Å². The number of primary amides is 1. The fraction of sp³-hybridized carbons (Fsp3) is 0.564. The minimum atomic E-state index is -1.73. The lowest BCUT2D eigenvalue weighted by atomic mass is 10.0. The van der Waals surface area contributed by atoms with Crippen LogP contribution in [0.2, 0.25) is 0 Å². The Hall–Kier alpha value is -9.73. The molecular weight excluding hydrogens is 1570 g/mol. The van der Waals surface area contributed by atoms with Gasteiger partial charge in [0.15, 0.2) is 0 Å². The number of unbranched alkanes of at least 4 members (excludes halogenated alkanes) is 2. The van der Waals surface area contributed by atoms with E-state index in [-0.39, 0.29) is 132 Å². The number of Topliss-reactive ketones (excluding diaryl/α,β-unsaturated/α-hetero) is 1. The second-order valence-electron chi connectivity index (χ2n) is 29.1. The maximum Gasteiger partial charge on any atom is 0.327 e. The maximum absolute atomic E-state index is 14.9. The summed E-state index contributed by atoms with van der Waals surface area (Å²) in [4.78, 5) is 218. The number of aliphatic hydroxyl groups is 1. The monoisotopic (exact) mass is 1680 g/mol. The van der Waals surface area contributed by atoms with Crippen molar-refractivity contribution in [3.05, 3.63) is 101 Å². The van der Waals surface area contributed by atoms with E-state index in [9.17, 15) is 107 Å². The summed E-state index contributed by atoms with van der Waals surface area (Å²) in [5.74, 6) is -12.3. The van der Waals surface area contributed by atoms with Gasteiger partial charge in [0.2, 0.25) is 59.1 Å². The average Bonchev–Trinajstić information content (AvgIpc) is 1.62. The maximum atomic E-state index is 14.9. The first kappa shape index (κ1) is 95.1. The van der Waals surface area contributed by atoms with E-state index in [1.54, 1.807) is 54.6 Å². The Bertz CT molecular complexity index is 3870. The number of nitrogens with one attached hydrogen (secondary N) is 7. The van der Waals surface area contributed by atoms with Crippen LogP contribution in [0, 0.1) is 0 Å². The second-order valence-corrected chi connectivity index (χ2v) is 32.2. The van der Waals surface area contributed by atoms with Crippen molar-refractivity contribution in [3.63, 3.8) is 0 Å². The van der Waals surface area contributed by atoms with Gasteiger partial charge >= 0.3 is 29.8 Å². The van der Waals surface area contributed by atoms with Gasteiger partial charge in [-0.2, -0.15) is 35.3 Å². The van der Waals surface area contributed by atoms with Crippen LogP contribution in [0.25, 0.3) is 0 Å². The van der Waals surface area contributed by atoms with E-state index in [0.717, 1.165) is 29.5 Å². The van der Waals surface area contributed by atoms with E-state index in [2.05, 4.69) is 37.2 Å². The lowest BCUT2D eigenvalue weighted by Crippen LogP contribution is -2.61. The van der Waals surface area contributed by atoms with E-state index in [1.807, 2.05) is 25.1 Å². The number of carboxylic acid groups (broad SMARTS) is 5. The Morgan fingerprint density at radius 3 is 1.81 bits per heavy atom. The van der Waals surface area contributed by atoms with Gasteiger partial charge in [0.05, 0.1) is 38.8 Å². The Balaban J connectivity index is 1.16. The van der Waals surface area contributed by atoms with Gasteiger partial charge in [-0.25, -0.2) is 4.79 Å². The number of nitrogens with zero attached hydrogens (tertiary/aromatic N) is 5. The summed E-state index contributed by atoms with van der Waals surface area (Å²) < 4.78 is 0. The summed E-state index contributed by atoms with van der Waals surface area (Å²) in [5.41, 5.74) is 9.41. The molecule has 0 radical (unpaired) electrons. The number of rotatable bonds is 40. The smallest absolute Gasteiger partial charge is 0.327 e. The number of hydrogen-bond donors (Lipinski definition) is 14. The van der Waals surface area contributed by atoms with Crippen molar-refractivity contribution in [1.82, 2.24) is 56.4 Å². The summed E-state index contributed by atoms with van der Waals surface area (Å²) in [7, 11) is 0. The van der Waals surface area contributed by atoms with E-state index < -0.39 is 171 Å². The molecule has 3 aromatic carbocycles. The molecule has 6 rings (SSSR count). The highest BCUT2D eigenvalue weighted by molar-refractivity contribution is 7.99. The van der Waals surface area contributed by atoms with Crippen molar-refractivity contribution in [3.8, 4) is 0 Å². The molecule has 3 aliphatic rings. The molecule has 38 heteroatoms. The number of aliphatic hydroxyl groups excluding tert-OH is 1. The Kier molecular flexibility index (Phi) is 40.5. The number of hydrogen-bond acceptors (Lipinski definition) is 23. The molecule has 3 aliphatic heterocycles. The minimum absolute atomic E-state index is 0.00513. The molecule has 116 heavy (non-hydrogen) atoms. The first-order valence-corrected chi connectivity index (χ1v) is 42.1. The van der Waals surface area contributed by atoms with E-state index >= 15 is 0 Å². The highest BCUT2D eigenvalue weighted by atomic mass is 32.2. The van der Waals surface area contributed by atoms with Crippen molar-refractivity contribution in [2.75, 3.05) is 94.6 Å². The zero-order valence-corrected chi connectivity index (χ0v) is 68.0. The topological polar surface area (TPSA) is 521 Å². The van der Waals surface area contributed by atoms with Crippen molar-refractivity contribution >= 4 is 136 Å². The Labute approximate surface area is 685 Å². The molecular formula is C78H109N13O22S3. The van der Waals surface area contributed by atoms with Crippen molar-refractivity contribution < 1.29 is 107 Å². The first-order chi connectivity index (χ1) is 55.2. The fourth-order valence-corrected chi connectivity index (χ4v) is 16.5.